The van der Waals surface area contributed by atoms with Crippen LogP contribution in [0.5, 0.6) is 0 Å². The standard InChI is InChI=1S/C18H12N2/c19-13-17(15-5-2-1-3-6-15)11-14-8-9-16-7-4-10-20-18(16)12-14/h1-12H/b17-11-. The quantitative estimate of drug-likeness (QED) is 0.506. The molecule has 0 spiro atoms. The molecule has 1 heterocycles. The lowest BCUT2D eigenvalue weighted by molar-refractivity contribution is 1.41. The molecular formula is C18H12N2. The number of nitriles is 1. The van der Waals surface area contributed by atoms with Gasteiger partial charge in [-0.25, -0.2) is 0 Å². The van der Waals surface area contributed by atoms with Crippen LogP contribution in [-0.4, -0.2) is 4.98 Å². The van der Waals surface area contributed by atoms with Crippen molar-refractivity contribution in [3.8, 4) is 6.07 Å². The van der Waals surface area contributed by atoms with Crippen LogP contribution in [0.1, 0.15) is 11.1 Å². The fraction of sp³-hybridized carbons (Fsp3) is 0. The Bertz CT molecular complexity index is 811. The third-order valence-electron chi connectivity index (χ3n) is 3.15. The third kappa shape index (κ3) is 2.43. The lowest BCUT2D eigenvalue weighted by Gasteiger charge is -2.01. The molecule has 2 nitrogen and oxygen atoms in total. The van der Waals surface area contributed by atoms with Crippen LogP contribution >= 0.6 is 0 Å². The third-order valence-corrected chi connectivity index (χ3v) is 3.15. The molecule has 3 rings (SSSR count). The Labute approximate surface area is 117 Å². The molecule has 3 aromatic rings. The average Bonchev–Trinajstić information content (AvgIpc) is 2.53. The summed E-state index contributed by atoms with van der Waals surface area (Å²) in [6.07, 6.45) is 3.67. The number of hydrogen-bond donors (Lipinski definition) is 0. The number of rotatable bonds is 2. The first kappa shape index (κ1) is 12.1. The van der Waals surface area contributed by atoms with Crippen LogP contribution in [0, 0.1) is 11.3 Å². The molecule has 0 saturated carbocycles. The van der Waals surface area contributed by atoms with Gasteiger partial charge in [0.05, 0.1) is 17.2 Å². The molecular weight excluding hydrogens is 244 g/mol. The summed E-state index contributed by atoms with van der Waals surface area (Å²) in [6.45, 7) is 0. The van der Waals surface area contributed by atoms with E-state index < -0.39 is 0 Å². The summed E-state index contributed by atoms with van der Waals surface area (Å²) in [5.74, 6) is 0. The highest BCUT2D eigenvalue weighted by atomic mass is 14.6. The van der Waals surface area contributed by atoms with Crippen molar-refractivity contribution in [2.45, 2.75) is 0 Å². The molecule has 2 heteroatoms. The summed E-state index contributed by atoms with van der Waals surface area (Å²) in [4.78, 5) is 4.34. The minimum atomic E-state index is 0.654. The van der Waals surface area contributed by atoms with Crippen molar-refractivity contribution in [2.24, 2.45) is 0 Å². The summed E-state index contributed by atoms with van der Waals surface area (Å²) >= 11 is 0. The molecule has 0 saturated heterocycles. The van der Waals surface area contributed by atoms with E-state index in [0.29, 0.717) is 5.57 Å². The van der Waals surface area contributed by atoms with Crippen molar-refractivity contribution in [2.75, 3.05) is 0 Å². The van der Waals surface area contributed by atoms with Gasteiger partial charge in [0.15, 0.2) is 0 Å². The van der Waals surface area contributed by atoms with Crippen molar-refractivity contribution in [3.63, 3.8) is 0 Å². The molecule has 0 radical (unpaired) electrons. The number of benzene rings is 2. The van der Waals surface area contributed by atoms with Gasteiger partial charge in [0, 0.05) is 11.6 Å². The summed E-state index contributed by atoms with van der Waals surface area (Å²) in [7, 11) is 0. The van der Waals surface area contributed by atoms with Gasteiger partial charge in [0.25, 0.3) is 0 Å². The predicted octanol–water partition coefficient (Wildman–Crippen LogP) is 4.30. The second-order valence-electron chi connectivity index (χ2n) is 4.49. The molecule has 0 N–H and O–H groups in total. The van der Waals surface area contributed by atoms with Gasteiger partial charge in [-0.05, 0) is 29.3 Å². The summed E-state index contributed by atoms with van der Waals surface area (Å²) in [6, 6.07) is 21.9. The molecule has 0 aliphatic rings. The van der Waals surface area contributed by atoms with E-state index in [9.17, 15) is 5.26 Å². The highest BCUT2D eigenvalue weighted by Gasteiger charge is 2.01. The van der Waals surface area contributed by atoms with Gasteiger partial charge in [0.1, 0.15) is 0 Å². The van der Waals surface area contributed by atoms with Gasteiger partial charge in [0.2, 0.25) is 0 Å². The maximum atomic E-state index is 9.32. The second kappa shape index (κ2) is 5.38. The molecule has 94 valence electrons. The maximum Gasteiger partial charge on any atom is 0.0998 e. The number of aromatic nitrogens is 1. The molecule has 0 atom stereocenters. The van der Waals surface area contributed by atoms with E-state index in [1.807, 2.05) is 66.7 Å². The molecule has 20 heavy (non-hydrogen) atoms. The number of hydrogen-bond acceptors (Lipinski definition) is 2. The monoisotopic (exact) mass is 256 g/mol. The molecule has 0 aliphatic carbocycles. The van der Waals surface area contributed by atoms with Gasteiger partial charge in [-0.2, -0.15) is 5.26 Å². The Balaban J connectivity index is 2.06. The topological polar surface area (TPSA) is 36.7 Å². The molecule has 0 bridgehead atoms. The molecule has 1 aromatic heterocycles. The molecule has 0 amide bonds. The Morgan fingerprint density at radius 1 is 1.00 bits per heavy atom. The van der Waals surface area contributed by atoms with E-state index in [2.05, 4.69) is 11.1 Å². The Morgan fingerprint density at radius 2 is 1.85 bits per heavy atom. The smallest absolute Gasteiger partial charge is 0.0998 e. The molecule has 0 fully saturated rings. The zero-order chi connectivity index (χ0) is 13.8. The second-order valence-corrected chi connectivity index (χ2v) is 4.49. The van der Waals surface area contributed by atoms with Crippen LogP contribution in [0.15, 0.2) is 66.9 Å². The SMILES string of the molecule is N#C/C(=C/c1ccc2cccnc2c1)c1ccccc1. The summed E-state index contributed by atoms with van der Waals surface area (Å²) < 4.78 is 0. The first-order chi connectivity index (χ1) is 9.86. The average molecular weight is 256 g/mol. The fourth-order valence-corrected chi connectivity index (χ4v) is 2.14. The van der Waals surface area contributed by atoms with Gasteiger partial charge < -0.3 is 0 Å². The van der Waals surface area contributed by atoms with E-state index in [1.54, 1.807) is 6.20 Å². The van der Waals surface area contributed by atoms with Crippen molar-refractivity contribution < 1.29 is 0 Å². The van der Waals surface area contributed by atoms with E-state index in [1.165, 1.54) is 0 Å². The zero-order valence-corrected chi connectivity index (χ0v) is 10.8. The number of allylic oxidation sites excluding steroid dienone is 1. The molecule has 0 unspecified atom stereocenters. The first-order valence-corrected chi connectivity index (χ1v) is 6.39. The molecule has 0 aliphatic heterocycles. The number of pyridine rings is 1. The van der Waals surface area contributed by atoms with Crippen LogP contribution in [0.2, 0.25) is 0 Å². The Kier molecular flexibility index (Phi) is 3.26. The summed E-state index contributed by atoms with van der Waals surface area (Å²) in [5, 5.41) is 10.4. The largest absolute Gasteiger partial charge is 0.256 e. The van der Waals surface area contributed by atoms with E-state index >= 15 is 0 Å². The van der Waals surface area contributed by atoms with Gasteiger partial charge >= 0.3 is 0 Å². The van der Waals surface area contributed by atoms with Crippen molar-refractivity contribution in [1.29, 1.82) is 5.26 Å². The Hall–Kier alpha value is -2.92. The highest BCUT2D eigenvalue weighted by Crippen LogP contribution is 2.20. The van der Waals surface area contributed by atoms with E-state index in [-0.39, 0.29) is 0 Å². The van der Waals surface area contributed by atoms with Crippen molar-refractivity contribution in [1.82, 2.24) is 4.98 Å². The predicted molar refractivity (Wildman–Crippen MR) is 81.7 cm³/mol. The van der Waals surface area contributed by atoms with Gasteiger partial charge in [-0.15, -0.1) is 0 Å². The normalized spacial score (nSPS) is 11.2. The van der Waals surface area contributed by atoms with Crippen molar-refractivity contribution >= 4 is 22.6 Å². The lowest BCUT2D eigenvalue weighted by Crippen LogP contribution is -1.83. The van der Waals surface area contributed by atoms with Crippen LogP contribution in [-0.2, 0) is 0 Å². The van der Waals surface area contributed by atoms with Crippen LogP contribution in [0.3, 0.4) is 0 Å². The first-order valence-electron chi connectivity index (χ1n) is 6.39. The van der Waals surface area contributed by atoms with E-state index in [0.717, 1.165) is 22.0 Å². The van der Waals surface area contributed by atoms with Crippen molar-refractivity contribution in [3.05, 3.63) is 78.0 Å². The minimum absolute atomic E-state index is 0.654. The maximum absolute atomic E-state index is 9.32. The highest BCUT2D eigenvalue weighted by molar-refractivity contribution is 5.91. The Morgan fingerprint density at radius 3 is 2.65 bits per heavy atom. The van der Waals surface area contributed by atoms with Gasteiger partial charge in [-0.3, -0.25) is 4.98 Å². The number of nitrogens with zero attached hydrogens (tertiary/aromatic N) is 2. The van der Waals surface area contributed by atoms with Crippen LogP contribution in [0.4, 0.5) is 0 Å². The lowest BCUT2D eigenvalue weighted by atomic mass is 10.0. The van der Waals surface area contributed by atoms with Gasteiger partial charge in [-0.1, -0.05) is 48.5 Å². The molecule has 2 aromatic carbocycles. The number of fused-ring (bicyclic) bond motifs is 1. The van der Waals surface area contributed by atoms with Crippen LogP contribution in [0.25, 0.3) is 22.6 Å². The van der Waals surface area contributed by atoms with Crippen LogP contribution < -0.4 is 0 Å². The fourth-order valence-electron chi connectivity index (χ4n) is 2.14. The zero-order valence-electron chi connectivity index (χ0n) is 10.8. The van der Waals surface area contributed by atoms with E-state index in [4.69, 9.17) is 0 Å². The minimum Gasteiger partial charge on any atom is -0.256 e. The summed E-state index contributed by atoms with van der Waals surface area (Å²) in [5.41, 5.74) is 3.50.